The molecule has 1 aliphatic heterocycles. The predicted octanol–water partition coefficient (Wildman–Crippen LogP) is 2.35. The summed E-state index contributed by atoms with van der Waals surface area (Å²) in [5.74, 6) is -0.493. The minimum atomic E-state index is -0.493. The lowest BCUT2D eigenvalue weighted by Crippen LogP contribution is -2.49. The Morgan fingerprint density at radius 2 is 2.17 bits per heavy atom. The number of ether oxygens (including phenoxy) is 2. The molecule has 0 aromatic rings. The van der Waals surface area contributed by atoms with Gasteiger partial charge in [-0.1, -0.05) is 13.0 Å². The second-order valence-electron chi connectivity index (χ2n) is 3.72. The molecule has 1 saturated heterocycles. The van der Waals surface area contributed by atoms with Gasteiger partial charge in [0.15, 0.2) is 5.79 Å². The molecule has 2 heteroatoms. The number of hydrogen-bond acceptors (Lipinski definition) is 2. The van der Waals surface area contributed by atoms with Crippen molar-refractivity contribution in [3.05, 3.63) is 12.7 Å². The van der Waals surface area contributed by atoms with Crippen molar-refractivity contribution in [3.63, 3.8) is 0 Å². The van der Waals surface area contributed by atoms with Crippen LogP contribution in [0.2, 0.25) is 0 Å². The summed E-state index contributed by atoms with van der Waals surface area (Å²) in [6.07, 6.45) is 4.11. The first kappa shape index (κ1) is 9.75. The summed E-state index contributed by atoms with van der Waals surface area (Å²) in [6.45, 7) is 8.73. The van der Waals surface area contributed by atoms with Crippen molar-refractivity contribution in [2.24, 2.45) is 5.41 Å². The average molecular weight is 170 g/mol. The zero-order valence-electron chi connectivity index (χ0n) is 8.22. The number of methoxy groups -OCH3 is 1. The summed E-state index contributed by atoms with van der Waals surface area (Å²) >= 11 is 0. The Balaban J connectivity index is 2.87. The topological polar surface area (TPSA) is 18.5 Å². The Morgan fingerprint density at radius 1 is 1.50 bits per heavy atom. The molecule has 0 spiro atoms. The SMILES string of the molecule is C=CC1(C)CCCOC1(C)OC. The van der Waals surface area contributed by atoms with Crippen LogP contribution < -0.4 is 0 Å². The highest BCUT2D eigenvalue weighted by Gasteiger charge is 2.46. The monoisotopic (exact) mass is 170 g/mol. The first-order valence-corrected chi connectivity index (χ1v) is 4.41. The smallest absolute Gasteiger partial charge is 0.173 e. The molecular formula is C10H18O2. The maximum atomic E-state index is 5.63. The van der Waals surface area contributed by atoms with Crippen molar-refractivity contribution in [1.82, 2.24) is 0 Å². The van der Waals surface area contributed by atoms with Crippen molar-refractivity contribution >= 4 is 0 Å². The van der Waals surface area contributed by atoms with Crippen molar-refractivity contribution in [2.75, 3.05) is 13.7 Å². The Morgan fingerprint density at radius 3 is 2.58 bits per heavy atom. The van der Waals surface area contributed by atoms with Gasteiger partial charge in [0.05, 0.1) is 6.61 Å². The van der Waals surface area contributed by atoms with Gasteiger partial charge in [-0.15, -0.1) is 6.58 Å². The van der Waals surface area contributed by atoms with Gasteiger partial charge in [-0.3, -0.25) is 0 Å². The predicted molar refractivity (Wildman–Crippen MR) is 48.9 cm³/mol. The summed E-state index contributed by atoms with van der Waals surface area (Å²) in [5.41, 5.74) is -0.0556. The zero-order chi connectivity index (χ0) is 9.24. The maximum absolute atomic E-state index is 5.63. The third-order valence-corrected chi connectivity index (χ3v) is 3.10. The van der Waals surface area contributed by atoms with Crippen LogP contribution in [0.4, 0.5) is 0 Å². The van der Waals surface area contributed by atoms with Gasteiger partial charge in [-0.25, -0.2) is 0 Å². The summed E-state index contributed by atoms with van der Waals surface area (Å²) in [6, 6.07) is 0. The molecule has 1 fully saturated rings. The van der Waals surface area contributed by atoms with E-state index in [0.29, 0.717) is 0 Å². The average Bonchev–Trinajstić information content (AvgIpc) is 2.10. The van der Waals surface area contributed by atoms with E-state index in [0.717, 1.165) is 19.4 Å². The highest BCUT2D eigenvalue weighted by atomic mass is 16.7. The largest absolute Gasteiger partial charge is 0.353 e. The van der Waals surface area contributed by atoms with E-state index in [1.165, 1.54) is 0 Å². The molecule has 0 saturated carbocycles. The Bertz CT molecular complexity index is 179. The van der Waals surface area contributed by atoms with Crippen LogP contribution in [0.25, 0.3) is 0 Å². The third-order valence-electron chi connectivity index (χ3n) is 3.10. The third kappa shape index (κ3) is 1.29. The van der Waals surface area contributed by atoms with E-state index >= 15 is 0 Å². The lowest BCUT2D eigenvalue weighted by atomic mass is 9.76. The highest BCUT2D eigenvalue weighted by Crippen LogP contribution is 2.43. The fraction of sp³-hybridized carbons (Fsp3) is 0.800. The highest BCUT2D eigenvalue weighted by molar-refractivity contribution is 5.02. The molecule has 70 valence electrons. The summed E-state index contributed by atoms with van der Waals surface area (Å²) in [4.78, 5) is 0. The van der Waals surface area contributed by atoms with Crippen LogP contribution >= 0.6 is 0 Å². The molecule has 0 aromatic carbocycles. The molecule has 0 amide bonds. The maximum Gasteiger partial charge on any atom is 0.173 e. The number of hydrogen-bond donors (Lipinski definition) is 0. The van der Waals surface area contributed by atoms with Gasteiger partial charge in [0.25, 0.3) is 0 Å². The minimum Gasteiger partial charge on any atom is -0.353 e. The fourth-order valence-electron chi connectivity index (χ4n) is 1.68. The summed E-state index contributed by atoms with van der Waals surface area (Å²) < 4.78 is 11.0. The Hall–Kier alpha value is -0.340. The lowest BCUT2D eigenvalue weighted by Gasteiger charge is -2.46. The molecule has 1 rings (SSSR count). The summed E-state index contributed by atoms with van der Waals surface area (Å²) in [5, 5.41) is 0. The van der Waals surface area contributed by atoms with Gasteiger partial charge >= 0.3 is 0 Å². The van der Waals surface area contributed by atoms with Crippen molar-refractivity contribution < 1.29 is 9.47 Å². The molecule has 2 atom stereocenters. The van der Waals surface area contributed by atoms with Crippen molar-refractivity contribution in [1.29, 1.82) is 0 Å². The van der Waals surface area contributed by atoms with E-state index in [2.05, 4.69) is 13.5 Å². The van der Waals surface area contributed by atoms with Crippen LogP contribution in [-0.2, 0) is 9.47 Å². The molecule has 0 aliphatic carbocycles. The Labute approximate surface area is 74.6 Å². The van der Waals surface area contributed by atoms with Crippen LogP contribution in [0, 0.1) is 5.41 Å². The second kappa shape index (κ2) is 3.19. The molecule has 1 heterocycles. The molecule has 2 nitrogen and oxygen atoms in total. The van der Waals surface area contributed by atoms with E-state index in [9.17, 15) is 0 Å². The zero-order valence-corrected chi connectivity index (χ0v) is 8.22. The normalized spacial score (nSPS) is 42.6. The minimum absolute atomic E-state index is 0.0556. The van der Waals surface area contributed by atoms with Crippen LogP contribution in [0.15, 0.2) is 12.7 Å². The van der Waals surface area contributed by atoms with Gasteiger partial charge in [-0.05, 0) is 19.8 Å². The molecule has 0 aromatic heterocycles. The standard InChI is InChI=1S/C10H18O2/c1-5-9(2)7-6-8-12-10(9,3)11-4/h5H,1,6-8H2,2-4H3. The van der Waals surface area contributed by atoms with Gasteiger partial charge in [-0.2, -0.15) is 0 Å². The van der Waals surface area contributed by atoms with Crippen LogP contribution in [0.1, 0.15) is 26.7 Å². The molecule has 0 bridgehead atoms. The van der Waals surface area contributed by atoms with E-state index < -0.39 is 5.79 Å². The lowest BCUT2D eigenvalue weighted by molar-refractivity contribution is -0.280. The molecular weight excluding hydrogens is 152 g/mol. The second-order valence-corrected chi connectivity index (χ2v) is 3.72. The van der Waals surface area contributed by atoms with Crippen LogP contribution in [-0.4, -0.2) is 19.5 Å². The fourth-order valence-corrected chi connectivity index (χ4v) is 1.68. The van der Waals surface area contributed by atoms with E-state index in [1.807, 2.05) is 13.0 Å². The Kier molecular flexibility index (Phi) is 2.59. The molecule has 1 aliphatic rings. The van der Waals surface area contributed by atoms with E-state index in [1.54, 1.807) is 7.11 Å². The van der Waals surface area contributed by atoms with Crippen molar-refractivity contribution in [3.8, 4) is 0 Å². The van der Waals surface area contributed by atoms with Gasteiger partial charge < -0.3 is 9.47 Å². The first-order chi connectivity index (χ1) is 5.58. The van der Waals surface area contributed by atoms with Crippen molar-refractivity contribution in [2.45, 2.75) is 32.5 Å². The molecule has 0 radical (unpaired) electrons. The van der Waals surface area contributed by atoms with Crippen LogP contribution in [0.5, 0.6) is 0 Å². The van der Waals surface area contributed by atoms with E-state index in [-0.39, 0.29) is 5.41 Å². The molecule has 0 N–H and O–H groups in total. The quantitative estimate of drug-likeness (QED) is 0.592. The van der Waals surface area contributed by atoms with E-state index in [4.69, 9.17) is 9.47 Å². The summed E-state index contributed by atoms with van der Waals surface area (Å²) in [7, 11) is 1.69. The van der Waals surface area contributed by atoms with Gasteiger partial charge in [0.2, 0.25) is 0 Å². The van der Waals surface area contributed by atoms with Gasteiger partial charge in [0.1, 0.15) is 0 Å². The molecule has 12 heavy (non-hydrogen) atoms. The number of rotatable bonds is 2. The van der Waals surface area contributed by atoms with Gasteiger partial charge in [0, 0.05) is 12.5 Å². The first-order valence-electron chi connectivity index (χ1n) is 4.41. The molecule has 2 unspecified atom stereocenters. The van der Waals surface area contributed by atoms with Crippen LogP contribution in [0.3, 0.4) is 0 Å².